The molecule has 3 rings (SSSR count). The molecule has 2 atom stereocenters. The summed E-state index contributed by atoms with van der Waals surface area (Å²) >= 11 is 0. The van der Waals surface area contributed by atoms with Crippen molar-refractivity contribution in [1.29, 1.82) is 0 Å². The summed E-state index contributed by atoms with van der Waals surface area (Å²) in [7, 11) is 2.69. The number of amides is 6. The summed E-state index contributed by atoms with van der Waals surface area (Å²) in [6.07, 6.45) is 3.25. The molecule has 19 nitrogen and oxygen atoms in total. The second kappa shape index (κ2) is 29.9. The van der Waals surface area contributed by atoms with Gasteiger partial charge in [0.15, 0.2) is 0 Å². The molecule has 0 aliphatic rings. The van der Waals surface area contributed by atoms with Crippen molar-refractivity contribution in [3.05, 3.63) is 119 Å². The Balaban J connectivity index is 1.64. The standard InChI is InChI=1S/C50H66N6O13/c1-7-36(53-45(59)41(56-49(64)69-50(2,3)4)23-15-17-29-52-48(63)68-33-35-20-12-9-13-21-35)24-26-38(65-5)31-43(57)55-40(44(58)54-37-25-27-42(66-6)39(30-37)46(60)61)22-14-16-28-51-47(62)67-32-34-18-10-8-11-19-34/h8-13,18-21,24-27,30,40-41H,7,14-17,22-23,28-29,31-33H2,1-6H3,(H,51,62)(H,52,63)(H,53,59)(H,54,58)(H,55,57)(H,56,64)(H,60,61)/b36-24+,38-26+/t40-,41-/m0/s1. The molecule has 0 spiro atoms. The third-order valence-electron chi connectivity index (χ3n) is 9.89. The zero-order valence-electron chi connectivity index (χ0n) is 40.1. The summed E-state index contributed by atoms with van der Waals surface area (Å²) in [4.78, 5) is 89.7. The maximum Gasteiger partial charge on any atom is 0.408 e. The van der Waals surface area contributed by atoms with E-state index < -0.39 is 59.7 Å². The third kappa shape index (κ3) is 22.7. The highest BCUT2D eigenvalue weighted by Crippen LogP contribution is 2.23. The van der Waals surface area contributed by atoms with Crippen molar-refractivity contribution < 1.29 is 62.4 Å². The van der Waals surface area contributed by atoms with Crippen LogP contribution >= 0.6 is 0 Å². The van der Waals surface area contributed by atoms with Crippen LogP contribution in [0.15, 0.2) is 102 Å². The van der Waals surface area contributed by atoms with Crippen molar-refractivity contribution in [3.8, 4) is 5.75 Å². The maximum absolute atomic E-state index is 13.6. The van der Waals surface area contributed by atoms with Crippen LogP contribution < -0.4 is 36.6 Å². The van der Waals surface area contributed by atoms with E-state index in [0.717, 1.165) is 11.1 Å². The number of aromatic carboxylic acids is 1. The van der Waals surface area contributed by atoms with Crippen LogP contribution in [-0.4, -0.2) is 92.1 Å². The lowest BCUT2D eigenvalue weighted by atomic mass is 10.1. The number of alkyl carbamates (subject to hydrolysis) is 3. The Hall–Kier alpha value is -7.57. The fourth-order valence-corrected chi connectivity index (χ4v) is 6.34. The van der Waals surface area contributed by atoms with Gasteiger partial charge in [0, 0.05) is 24.5 Å². The number of anilines is 1. The van der Waals surface area contributed by atoms with E-state index in [-0.39, 0.29) is 68.3 Å². The van der Waals surface area contributed by atoms with E-state index in [0.29, 0.717) is 37.8 Å². The number of methoxy groups -OCH3 is 2. The van der Waals surface area contributed by atoms with Crippen LogP contribution in [0, 0.1) is 0 Å². The predicted molar refractivity (Wildman–Crippen MR) is 257 cm³/mol. The quantitative estimate of drug-likeness (QED) is 0.0172. The lowest BCUT2D eigenvalue weighted by molar-refractivity contribution is -0.126. The van der Waals surface area contributed by atoms with E-state index in [1.165, 1.54) is 38.5 Å². The highest BCUT2D eigenvalue weighted by Gasteiger charge is 2.26. The van der Waals surface area contributed by atoms with Gasteiger partial charge in [-0.1, -0.05) is 67.6 Å². The van der Waals surface area contributed by atoms with Gasteiger partial charge in [0.25, 0.3) is 0 Å². The Morgan fingerprint density at radius 1 is 0.681 bits per heavy atom. The highest BCUT2D eigenvalue weighted by molar-refractivity contribution is 5.99. The number of rotatable bonds is 27. The molecule has 3 aromatic carbocycles. The number of carboxylic acid groups (broad SMARTS) is 1. The van der Waals surface area contributed by atoms with E-state index in [1.54, 1.807) is 33.8 Å². The largest absolute Gasteiger partial charge is 0.501 e. The van der Waals surface area contributed by atoms with Gasteiger partial charge < -0.3 is 60.7 Å². The number of hydrogen-bond donors (Lipinski definition) is 7. The maximum atomic E-state index is 13.6. The average Bonchev–Trinajstić information content (AvgIpc) is 3.32. The molecule has 0 unspecified atom stereocenters. The van der Waals surface area contributed by atoms with Crippen LogP contribution in [0.25, 0.3) is 0 Å². The number of carboxylic acids is 1. The molecule has 19 heteroatoms. The Morgan fingerprint density at radius 3 is 1.72 bits per heavy atom. The van der Waals surface area contributed by atoms with Gasteiger partial charge >= 0.3 is 24.2 Å². The summed E-state index contributed by atoms with van der Waals surface area (Å²) < 4.78 is 26.5. The van der Waals surface area contributed by atoms with Gasteiger partial charge in [-0.05, 0) is 107 Å². The molecule has 6 amide bonds. The van der Waals surface area contributed by atoms with E-state index in [2.05, 4.69) is 31.9 Å². The number of nitrogens with one attached hydrogen (secondary N) is 6. The molecular weight excluding hydrogens is 893 g/mol. The lowest BCUT2D eigenvalue weighted by Gasteiger charge is -2.23. The van der Waals surface area contributed by atoms with Crippen LogP contribution in [-0.2, 0) is 46.5 Å². The molecule has 3 aromatic rings. The Labute approximate surface area is 403 Å². The minimum absolute atomic E-state index is 0.0940. The van der Waals surface area contributed by atoms with Crippen LogP contribution in [0.2, 0.25) is 0 Å². The SMILES string of the molecule is CC/C(=C\C=C(/CC(=O)N[C@@H](CCCCNC(=O)OCc1ccccc1)C(=O)Nc1ccc(OC)c(C(=O)O)c1)OC)NC(=O)[C@H](CCCCNC(=O)OCc1ccccc1)NC(=O)OC(C)(C)C. The number of ether oxygens (including phenoxy) is 5. The van der Waals surface area contributed by atoms with Gasteiger partial charge in [0.1, 0.15) is 48.0 Å². The van der Waals surface area contributed by atoms with Gasteiger partial charge in [-0.15, -0.1) is 0 Å². The van der Waals surface area contributed by atoms with Crippen LogP contribution in [0.5, 0.6) is 5.75 Å². The molecule has 0 aliphatic heterocycles. The first-order valence-electron chi connectivity index (χ1n) is 22.6. The first-order valence-corrected chi connectivity index (χ1v) is 22.6. The normalized spacial score (nSPS) is 12.3. The summed E-state index contributed by atoms with van der Waals surface area (Å²) in [6, 6.07) is 20.5. The van der Waals surface area contributed by atoms with Crippen molar-refractivity contribution in [2.45, 2.75) is 110 Å². The van der Waals surface area contributed by atoms with Crippen molar-refractivity contribution >= 4 is 47.7 Å². The van der Waals surface area contributed by atoms with Crippen molar-refractivity contribution in [1.82, 2.24) is 26.6 Å². The fraction of sp³-hybridized carbons (Fsp3) is 0.420. The van der Waals surface area contributed by atoms with Crippen molar-refractivity contribution in [2.24, 2.45) is 0 Å². The molecule has 69 heavy (non-hydrogen) atoms. The number of hydrogen-bond acceptors (Lipinski definition) is 12. The minimum Gasteiger partial charge on any atom is -0.501 e. The van der Waals surface area contributed by atoms with E-state index >= 15 is 0 Å². The van der Waals surface area contributed by atoms with E-state index in [1.807, 2.05) is 60.7 Å². The molecule has 0 aliphatic carbocycles. The number of carbonyl (C=O) groups is 7. The second-order valence-electron chi connectivity index (χ2n) is 16.5. The van der Waals surface area contributed by atoms with Gasteiger partial charge in [-0.25, -0.2) is 19.2 Å². The zero-order chi connectivity index (χ0) is 50.6. The smallest absolute Gasteiger partial charge is 0.408 e. The van der Waals surface area contributed by atoms with Crippen LogP contribution in [0.3, 0.4) is 0 Å². The number of carbonyl (C=O) groups excluding carboxylic acids is 6. The summed E-state index contributed by atoms with van der Waals surface area (Å²) in [5.74, 6) is -2.70. The molecular formula is C50H66N6O13. The molecule has 0 aromatic heterocycles. The third-order valence-corrected chi connectivity index (χ3v) is 9.89. The molecule has 0 saturated heterocycles. The van der Waals surface area contributed by atoms with Gasteiger partial charge in [0.2, 0.25) is 17.7 Å². The van der Waals surface area contributed by atoms with Crippen molar-refractivity contribution in [2.75, 3.05) is 32.6 Å². The highest BCUT2D eigenvalue weighted by atomic mass is 16.6. The minimum atomic E-state index is -1.26. The predicted octanol–water partition coefficient (Wildman–Crippen LogP) is 7.23. The monoisotopic (exact) mass is 958 g/mol. The number of allylic oxidation sites excluding steroid dienone is 3. The van der Waals surface area contributed by atoms with Gasteiger partial charge in [0.05, 0.1) is 20.6 Å². The Kier molecular flexibility index (Phi) is 24.2. The second-order valence-corrected chi connectivity index (χ2v) is 16.5. The molecule has 0 saturated carbocycles. The Morgan fingerprint density at radius 2 is 1.23 bits per heavy atom. The van der Waals surface area contributed by atoms with Crippen LogP contribution in [0.4, 0.5) is 20.1 Å². The molecule has 0 radical (unpaired) electrons. The van der Waals surface area contributed by atoms with E-state index in [4.69, 9.17) is 23.7 Å². The molecule has 0 bridgehead atoms. The molecule has 0 fully saturated rings. The first-order chi connectivity index (χ1) is 33.0. The van der Waals surface area contributed by atoms with Crippen molar-refractivity contribution in [3.63, 3.8) is 0 Å². The Bertz CT molecular complexity index is 2210. The zero-order valence-corrected chi connectivity index (χ0v) is 40.1. The average molecular weight is 959 g/mol. The lowest BCUT2D eigenvalue weighted by Crippen LogP contribution is -2.48. The summed E-state index contributed by atoms with van der Waals surface area (Å²) in [5.41, 5.74) is 1.28. The van der Waals surface area contributed by atoms with E-state index in [9.17, 15) is 38.7 Å². The summed E-state index contributed by atoms with van der Waals surface area (Å²) in [5, 5.41) is 25.9. The topological polar surface area (TPSA) is 258 Å². The molecule has 7 N–H and O–H groups in total. The van der Waals surface area contributed by atoms with Gasteiger partial charge in [-0.3, -0.25) is 14.4 Å². The van der Waals surface area contributed by atoms with Gasteiger partial charge in [-0.2, -0.15) is 0 Å². The first kappa shape index (κ1) is 55.8. The fourth-order valence-electron chi connectivity index (χ4n) is 6.34. The number of unbranched alkanes of at least 4 members (excludes halogenated alkanes) is 2. The number of benzene rings is 3. The molecule has 0 heterocycles. The summed E-state index contributed by atoms with van der Waals surface area (Å²) in [6.45, 7) is 7.64. The van der Waals surface area contributed by atoms with Crippen LogP contribution in [0.1, 0.15) is 101 Å². The molecule has 374 valence electrons.